The van der Waals surface area contributed by atoms with Crippen LogP contribution in [0.4, 0.5) is 0 Å². The van der Waals surface area contributed by atoms with E-state index in [4.69, 9.17) is 9.26 Å². The van der Waals surface area contributed by atoms with Crippen molar-refractivity contribution in [1.82, 2.24) is 14.4 Å². The average molecular weight is 474 g/mol. The molecule has 9 heteroatoms. The van der Waals surface area contributed by atoms with Crippen LogP contribution in [0, 0.1) is 16.7 Å². The maximum absolute atomic E-state index is 13.4. The zero-order chi connectivity index (χ0) is 23.4. The number of nitrogens with zero attached hydrogens (tertiary/aromatic N) is 3. The van der Waals surface area contributed by atoms with E-state index in [2.05, 4.69) is 24.0 Å². The third-order valence-corrected chi connectivity index (χ3v) is 10.6. The highest BCUT2D eigenvalue weighted by atomic mass is 32.2. The van der Waals surface area contributed by atoms with Gasteiger partial charge in [0.15, 0.2) is 0 Å². The van der Waals surface area contributed by atoms with Gasteiger partial charge in [-0.25, -0.2) is 12.7 Å². The first-order valence-electron chi connectivity index (χ1n) is 11.7. The van der Waals surface area contributed by atoms with Crippen molar-refractivity contribution in [2.24, 2.45) is 16.7 Å². The Hall–Kier alpha value is -2.26. The minimum Gasteiger partial charge on any atom is -0.497 e. The first kappa shape index (κ1) is 22.5. The summed E-state index contributed by atoms with van der Waals surface area (Å²) < 4.78 is 39.0. The Morgan fingerprint density at radius 3 is 2.42 bits per heavy atom. The van der Waals surface area contributed by atoms with Crippen molar-refractivity contribution >= 4 is 15.8 Å². The third kappa shape index (κ3) is 3.60. The van der Waals surface area contributed by atoms with Crippen molar-refractivity contribution < 1.29 is 22.5 Å². The predicted molar refractivity (Wildman–Crippen MR) is 122 cm³/mol. The average Bonchev–Trinajstić information content (AvgIpc) is 3.43. The van der Waals surface area contributed by atoms with Gasteiger partial charge in [-0.3, -0.25) is 4.79 Å². The van der Waals surface area contributed by atoms with E-state index in [-0.39, 0.29) is 22.9 Å². The topological polar surface area (TPSA) is 103 Å². The second kappa shape index (κ2) is 7.91. The van der Waals surface area contributed by atoms with Crippen LogP contribution in [0.1, 0.15) is 57.8 Å². The molecule has 1 aromatic carbocycles. The molecule has 0 spiro atoms. The number of ketones is 1. The van der Waals surface area contributed by atoms with E-state index in [1.807, 2.05) is 24.3 Å². The SMILES string of the molecule is COc1ccc(-c2noc(C3CCN(S(=O)(=O)CC45CCC(CC4=O)C5(C)C)CC3)n2)cc1. The van der Waals surface area contributed by atoms with Crippen molar-refractivity contribution in [3.05, 3.63) is 30.2 Å². The smallest absolute Gasteiger partial charge is 0.230 e. The van der Waals surface area contributed by atoms with Crippen LogP contribution in [0.2, 0.25) is 0 Å². The lowest BCUT2D eigenvalue weighted by atomic mass is 9.70. The molecule has 33 heavy (non-hydrogen) atoms. The lowest BCUT2D eigenvalue weighted by Gasteiger charge is -2.38. The third-order valence-electron chi connectivity index (χ3n) is 8.55. The van der Waals surface area contributed by atoms with E-state index in [9.17, 15) is 13.2 Å². The minimum absolute atomic E-state index is 0.0227. The first-order chi connectivity index (χ1) is 15.7. The predicted octanol–water partition coefficient (Wildman–Crippen LogP) is 3.65. The lowest BCUT2D eigenvalue weighted by molar-refractivity contribution is -0.128. The summed E-state index contributed by atoms with van der Waals surface area (Å²) in [6, 6.07) is 7.44. The number of Topliss-reactive ketones (excluding diaryl/α,β-unsaturated/α-hetero) is 1. The summed E-state index contributed by atoms with van der Waals surface area (Å²) in [5.41, 5.74) is -0.145. The Kier molecular flexibility index (Phi) is 5.40. The number of fused-ring (bicyclic) bond motifs is 2. The number of sulfonamides is 1. The highest BCUT2D eigenvalue weighted by molar-refractivity contribution is 7.89. The molecule has 2 saturated carbocycles. The number of hydrogen-bond acceptors (Lipinski definition) is 7. The summed E-state index contributed by atoms with van der Waals surface area (Å²) in [7, 11) is -1.91. The number of hydrogen-bond donors (Lipinski definition) is 0. The molecule has 2 heterocycles. The Balaban J connectivity index is 1.25. The van der Waals surface area contributed by atoms with Gasteiger partial charge >= 0.3 is 0 Å². The number of benzene rings is 1. The highest BCUT2D eigenvalue weighted by Crippen LogP contribution is 2.64. The van der Waals surface area contributed by atoms with Crippen LogP contribution in [0.25, 0.3) is 11.4 Å². The Bertz CT molecular complexity index is 1150. The fourth-order valence-corrected chi connectivity index (χ4v) is 8.40. The maximum atomic E-state index is 13.4. The molecular weight excluding hydrogens is 442 g/mol. The fourth-order valence-electron chi connectivity index (χ4n) is 6.15. The van der Waals surface area contributed by atoms with Crippen molar-refractivity contribution in [2.75, 3.05) is 26.0 Å². The number of carbonyl (C=O) groups excluding carboxylic acids is 1. The van der Waals surface area contributed by atoms with Crippen molar-refractivity contribution in [3.8, 4) is 17.1 Å². The van der Waals surface area contributed by atoms with Gasteiger partial charge in [0.05, 0.1) is 12.9 Å². The zero-order valence-corrected chi connectivity index (χ0v) is 20.2. The zero-order valence-electron chi connectivity index (χ0n) is 19.4. The van der Waals surface area contributed by atoms with Gasteiger partial charge in [0.2, 0.25) is 21.7 Å². The monoisotopic (exact) mass is 473 g/mol. The van der Waals surface area contributed by atoms with E-state index in [0.29, 0.717) is 56.4 Å². The Morgan fingerprint density at radius 1 is 1.15 bits per heavy atom. The molecule has 2 atom stereocenters. The molecule has 3 aliphatic rings. The molecule has 178 valence electrons. The Labute approximate surface area is 194 Å². The number of piperidine rings is 1. The van der Waals surface area contributed by atoms with Gasteiger partial charge in [-0.05, 0) is 61.3 Å². The van der Waals surface area contributed by atoms with Crippen molar-refractivity contribution in [2.45, 2.75) is 51.9 Å². The van der Waals surface area contributed by atoms with Gasteiger partial charge in [0, 0.05) is 36.4 Å². The van der Waals surface area contributed by atoms with Crippen LogP contribution < -0.4 is 4.74 Å². The number of aromatic nitrogens is 2. The maximum Gasteiger partial charge on any atom is 0.230 e. The summed E-state index contributed by atoms with van der Waals surface area (Å²) in [4.78, 5) is 17.4. The van der Waals surface area contributed by atoms with Gasteiger partial charge in [-0.1, -0.05) is 19.0 Å². The van der Waals surface area contributed by atoms with Gasteiger partial charge in [-0.2, -0.15) is 4.98 Å². The minimum atomic E-state index is -3.53. The van der Waals surface area contributed by atoms with Gasteiger partial charge < -0.3 is 9.26 Å². The molecule has 1 saturated heterocycles. The van der Waals surface area contributed by atoms with Gasteiger partial charge in [0.1, 0.15) is 11.5 Å². The number of methoxy groups -OCH3 is 1. The van der Waals surface area contributed by atoms with Gasteiger partial charge in [0.25, 0.3) is 0 Å². The molecule has 8 nitrogen and oxygen atoms in total. The molecule has 0 N–H and O–H groups in total. The molecule has 3 fully saturated rings. The second-order valence-corrected chi connectivity index (χ2v) is 12.2. The van der Waals surface area contributed by atoms with Crippen molar-refractivity contribution in [3.63, 3.8) is 0 Å². The van der Waals surface area contributed by atoms with Crippen LogP contribution in [0.5, 0.6) is 5.75 Å². The van der Waals surface area contributed by atoms with E-state index in [0.717, 1.165) is 17.7 Å². The molecule has 2 unspecified atom stereocenters. The summed E-state index contributed by atoms with van der Waals surface area (Å²) in [5, 5.41) is 4.11. The largest absolute Gasteiger partial charge is 0.497 e. The summed E-state index contributed by atoms with van der Waals surface area (Å²) >= 11 is 0. The fraction of sp³-hybridized carbons (Fsp3) is 0.625. The van der Waals surface area contributed by atoms with Crippen LogP contribution in [0.3, 0.4) is 0 Å². The quantitative estimate of drug-likeness (QED) is 0.631. The van der Waals surface area contributed by atoms with Crippen LogP contribution in [0.15, 0.2) is 28.8 Å². The lowest BCUT2D eigenvalue weighted by Crippen LogP contribution is -2.48. The molecule has 0 radical (unpaired) electrons. The molecule has 0 amide bonds. The van der Waals surface area contributed by atoms with Crippen LogP contribution in [-0.2, 0) is 14.8 Å². The van der Waals surface area contributed by atoms with Crippen molar-refractivity contribution in [1.29, 1.82) is 0 Å². The van der Waals surface area contributed by atoms with E-state index >= 15 is 0 Å². The van der Waals surface area contributed by atoms with Gasteiger partial charge in [-0.15, -0.1) is 0 Å². The second-order valence-electron chi connectivity index (χ2n) is 10.3. The van der Waals surface area contributed by atoms with E-state index in [1.54, 1.807) is 11.4 Å². The summed E-state index contributed by atoms with van der Waals surface area (Å²) in [5.74, 6) is 2.22. The highest BCUT2D eigenvalue weighted by Gasteiger charge is 2.65. The number of rotatable bonds is 6. The van der Waals surface area contributed by atoms with E-state index < -0.39 is 15.4 Å². The first-order valence-corrected chi connectivity index (χ1v) is 13.3. The normalized spacial score (nSPS) is 27.8. The number of ether oxygens (including phenoxy) is 1. The molecule has 2 aromatic rings. The molecule has 2 bridgehead atoms. The molecule has 2 aliphatic carbocycles. The Morgan fingerprint density at radius 2 is 1.85 bits per heavy atom. The van der Waals surface area contributed by atoms with E-state index in [1.165, 1.54) is 0 Å². The van der Waals surface area contributed by atoms with Crippen LogP contribution >= 0.6 is 0 Å². The van der Waals surface area contributed by atoms with Crippen LogP contribution in [-0.4, -0.2) is 54.6 Å². The number of carbonyl (C=O) groups is 1. The molecular formula is C24H31N3O5S. The molecule has 1 aliphatic heterocycles. The molecule has 1 aromatic heterocycles. The summed E-state index contributed by atoms with van der Waals surface area (Å²) in [6.45, 7) is 4.96. The molecule has 5 rings (SSSR count). The summed E-state index contributed by atoms with van der Waals surface area (Å²) in [6.07, 6.45) is 3.41. The standard InChI is InChI=1S/C24H31N3O5S/c1-23(2)18-8-11-24(23,20(28)14-18)15-33(29,30)27-12-9-17(10-13-27)22-25-21(26-32-22)16-4-6-19(31-3)7-5-16/h4-7,17-18H,8-15H2,1-3H3.